The van der Waals surface area contributed by atoms with E-state index in [9.17, 15) is 0 Å². The van der Waals surface area contributed by atoms with E-state index in [4.69, 9.17) is 0 Å². The van der Waals surface area contributed by atoms with Gasteiger partial charge in [-0.2, -0.15) is 0 Å². The zero-order valence-corrected chi connectivity index (χ0v) is 20.8. The summed E-state index contributed by atoms with van der Waals surface area (Å²) in [5.74, 6) is 6.72. The molecule has 0 heterocycles. The summed E-state index contributed by atoms with van der Waals surface area (Å²) in [4.78, 5) is 0. The van der Waals surface area contributed by atoms with Crippen LogP contribution in [0.2, 0.25) is 0 Å². The van der Waals surface area contributed by atoms with E-state index in [1.165, 1.54) is 141 Å². The largest absolute Gasteiger partial charge is 0.103 e. The van der Waals surface area contributed by atoms with Gasteiger partial charge in [0, 0.05) is 12.8 Å². The average Bonchev–Trinajstić information content (AvgIpc) is 2.76. The van der Waals surface area contributed by atoms with Crippen molar-refractivity contribution in [3.63, 3.8) is 0 Å². The third-order valence-electron chi connectivity index (χ3n) is 6.23. The molecule has 0 aliphatic rings. The van der Waals surface area contributed by atoms with Crippen molar-refractivity contribution < 1.29 is 0 Å². The van der Waals surface area contributed by atoms with Crippen LogP contribution in [0.25, 0.3) is 0 Å². The summed E-state index contributed by atoms with van der Waals surface area (Å²) in [6.45, 7) is 7.80. The molecule has 0 N–H and O–H groups in total. The first-order chi connectivity index (χ1) is 14.9. The standard InChI is InChI=1S/C30H56/c1-3-5-7-9-11-13-15-17-19-21-23-25-27-29-30-28-26-24-22-20-18-16-14-12-10-8-6-4-2/h1-15,17,19-30H2. The topological polar surface area (TPSA) is 0 Å². The zero-order valence-electron chi connectivity index (χ0n) is 20.8. The normalized spacial score (nSPS) is 10.9. The van der Waals surface area contributed by atoms with Crippen molar-refractivity contribution in [3.8, 4) is 11.8 Å². The molecule has 0 aromatic rings. The Morgan fingerprint density at radius 2 is 0.467 bits per heavy atom. The van der Waals surface area contributed by atoms with Gasteiger partial charge in [-0.05, 0) is 12.8 Å². The molecule has 0 aliphatic heterocycles. The lowest BCUT2D eigenvalue weighted by Gasteiger charge is -2.03. The van der Waals surface area contributed by atoms with Crippen LogP contribution in [0.4, 0.5) is 0 Å². The molecule has 0 nitrogen and oxygen atoms in total. The minimum absolute atomic E-state index is 1.09. The van der Waals surface area contributed by atoms with Crippen LogP contribution in [-0.4, -0.2) is 0 Å². The quantitative estimate of drug-likeness (QED) is 0.108. The molecule has 0 atom stereocenters. The summed E-state index contributed by atoms with van der Waals surface area (Å²) in [6, 6.07) is 0. The molecule has 30 heavy (non-hydrogen) atoms. The molecule has 176 valence electrons. The van der Waals surface area contributed by atoms with E-state index in [0.29, 0.717) is 0 Å². The third kappa shape index (κ3) is 27.6. The van der Waals surface area contributed by atoms with Crippen molar-refractivity contribution in [1.82, 2.24) is 0 Å². The lowest BCUT2D eigenvalue weighted by atomic mass is 10.0. The second-order valence-electron chi connectivity index (χ2n) is 9.34. The van der Waals surface area contributed by atoms with Gasteiger partial charge in [-0.3, -0.25) is 0 Å². The van der Waals surface area contributed by atoms with E-state index in [1.807, 2.05) is 0 Å². The highest BCUT2D eigenvalue weighted by atomic mass is 14.0. The highest BCUT2D eigenvalue weighted by Gasteiger charge is 1.95. The van der Waals surface area contributed by atoms with Crippen LogP contribution in [0.3, 0.4) is 0 Å². The van der Waals surface area contributed by atoms with Gasteiger partial charge in [-0.25, -0.2) is 0 Å². The minimum Gasteiger partial charge on any atom is -0.103 e. The lowest BCUT2D eigenvalue weighted by Crippen LogP contribution is -1.84. The van der Waals surface area contributed by atoms with Gasteiger partial charge in [0.25, 0.3) is 0 Å². The summed E-state index contributed by atoms with van der Waals surface area (Å²) in [5, 5.41) is 0. The smallest absolute Gasteiger partial charge is 0.00886 e. The Bertz CT molecular complexity index is 345. The molecule has 0 saturated heterocycles. The lowest BCUT2D eigenvalue weighted by molar-refractivity contribution is 0.524. The van der Waals surface area contributed by atoms with E-state index in [-0.39, 0.29) is 0 Å². The Morgan fingerprint density at radius 1 is 0.267 bits per heavy atom. The molecule has 0 aromatic heterocycles. The highest BCUT2D eigenvalue weighted by Crippen LogP contribution is 2.14. The third-order valence-corrected chi connectivity index (χ3v) is 6.23. The first-order valence-corrected chi connectivity index (χ1v) is 14.0. The predicted octanol–water partition coefficient (Wildman–Crippen LogP) is 10.8. The Hall–Kier alpha value is -0.440. The first kappa shape index (κ1) is 29.6. The van der Waals surface area contributed by atoms with Crippen LogP contribution in [0.1, 0.15) is 167 Å². The molecule has 0 saturated carbocycles. The van der Waals surface area contributed by atoms with Gasteiger partial charge in [-0.15, -0.1) is 11.8 Å². The molecule has 0 bridgehead atoms. The van der Waals surface area contributed by atoms with E-state index in [1.54, 1.807) is 0 Å². The van der Waals surface area contributed by atoms with Gasteiger partial charge in [0.05, 0.1) is 0 Å². The van der Waals surface area contributed by atoms with Crippen molar-refractivity contribution in [2.75, 3.05) is 0 Å². The SMILES string of the molecule is [CH2]CCCCCCC#CCCCCCCCCCCCCCCCCCCCC[CH2]. The van der Waals surface area contributed by atoms with Crippen LogP contribution >= 0.6 is 0 Å². The summed E-state index contributed by atoms with van der Waals surface area (Å²) in [5.41, 5.74) is 0. The van der Waals surface area contributed by atoms with Gasteiger partial charge in [0.15, 0.2) is 0 Å². The average molecular weight is 417 g/mol. The number of hydrogen-bond donors (Lipinski definition) is 0. The number of hydrogen-bond acceptors (Lipinski definition) is 0. The van der Waals surface area contributed by atoms with Crippen LogP contribution in [-0.2, 0) is 0 Å². The summed E-state index contributed by atoms with van der Waals surface area (Å²) in [6.07, 6.45) is 35.5. The van der Waals surface area contributed by atoms with Crippen LogP contribution in [0.15, 0.2) is 0 Å². The molecule has 0 spiro atoms. The Labute approximate surface area is 192 Å². The van der Waals surface area contributed by atoms with Gasteiger partial charge < -0.3 is 0 Å². The van der Waals surface area contributed by atoms with Crippen molar-refractivity contribution in [1.29, 1.82) is 0 Å². The fourth-order valence-electron chi connectivity index (χ4n) is 4.14. The maximum Gasteiger partial charge on any atom is 0.00886 e. The fourth-order valence-corrected chi connectivity index (χ4v) is 4.14. The van der Waals surface area contributed by atoms with Gasteiger partial charge in [-0.1, -0.05) is 155 Å². The molecular weight excluding hydrogens is 360 g/mol. The van der Waals surface area contributed by atoms with Crippen LogP contribution < -0.4 is 0 Å². The summed E-state index contributed by atoms with van der Waals surface area (Å²) < 4.78 is 0. The van der Waals surface area contributed by atoms with E-state index >= 15 is 0 Å². The predicted molar refractivity (Wildman–Crippen MR) is 139 cm³/mol. The van der Waals surface area contributed by atoms with Crippen molar-refractivity contribution in [3.05, 3.63) is 13.8 Å². The Kier molecular flexibility index (Phi) is 28.1. The van der Waals surface area contributed by atoms with E-state index in [0.717, 1.165) is 25.7 Å². The molecule has 0 aromatic carbocycles. The summed E-state index contributed by atoms with van der Waals surface area (Å²) >= 11 is 0. The molecule has 0 aliphatic carbocycles. The molecular formula is C30H56. The fraction of sp³-hybridized carbons (Fsp3) is 0.867. The highest BCUT2D eigenvalue weighted by molar-refractivity contribution is 4.98. The Balaban J connectivity index is 3.05. The molecule has 0 rings (SSSR count). The second-order valence-corrected chi connectivity index (χ2v) is 9.34. The van der Waals surface area contributed by atoms with Crippen LogP contribution in [0.5, 0.6) is 0 Å². The Morgan fingerprint density at radius 3 is 0.700 bits per heavy atom. The minimum atomic E-state index is 1.09. The zero-order chi connectivity index (χ0) is 21.8. The van der Waals surface area contributed by atoms with Gasteiger partial charge >= 0.3 is 0 Å². The summed E-state index contributed by atoms with van der Waals surface area (Å²) in [7, 11) is 0. The number of unbranched alkanes of at least 4 members (excludes halogenated alkanes) is 24. The van der Waals surface area contributed by atoms with E-state index in [2.05, 4.69) is 25.7 Å². The maximum atomic E-state index is 3.91. The molecule has 2 radical (unpaired) electrons. The first-order valence-electron chi connectivity index (χ1n) is 14.0. The molecule has 0 heteroatoms. The van der Waals surface area contributed by atoms with Crippen molar-refractivity contribution in [2.24, 2.45) is 0 Å². The van der Waals surface area contributed by atoms with Gasteiger partial charge in [0.2, 0.25) is 0 Å². The van der Waals surface area contributed by atoms with Crippen molar-refractivity contribution in [2.45, 2.75) is 167 Å². The molecule has 0 unspecified atom stereocenters. The molecule has 0 amide bonds. The van der Waals surface area contributed by atoms with E-state index < -0.39 is 0 Å². The number of rotatable bonds is 24. The second kappa shape index (κ2) is 28.6. The van der Waals surface area contributed by atoms with Crippen LogP contribution in [0, 0.1) is 25.7 Å². The molecule has 0 fully saturated rings. The maximum absolute atomic E-state index is 3.91. The van der Waals surface area contributed by atoms with Crippen molar-refractivity contribution >= 4 is 0 Å². The van der Waals surface area contributed by atoms with Gasteiger partial charge in [0.1, 0.15) is 0 Å². The monoisotopic (exact) mass is 416 g/mol.